The summed E-state index contributed by atoms with van der Waals surface area (Å²) in [7, 11) is 0. The van der Waals surface area contributed by atoms with Gasteiger partial charge in [-0.2, -0.15) is 0 Å². The van der Waals surface area contributed by atoms with Gasteiger partial charge in [0.05, 0.1) is 0 Å². The first-order valence-corrected chi connectivity index (χ1v) is 3.83. The van der Waals surface area contributed by atoms with E-state index in [1.165, 1.54) is 6.08 Å². The molecule has 0 atom stereocenters. The van der Waals surface area contributed by atoms with Crippen LogP contribution in [0.25, 0.3) is 0 Å². The molecule has 0 aliphatic carbocycles. The average molecular weight is 184 g/mol. The largest absolute Gasteiger partial charge is 0.478 e. The minimum Gasteiger partial charge on any atom is -0.478 e. The van der Waals surface area contributed by atoms with E-state index in [0.717, 1.165) is 6.08 Å². The van der Waals surface area contributed by atoms with E-state index >= 15 is 0 Å². The lowest BCUT2D eigenvalue weighted by atomic mass is 10.2. The normalized spacial score (nSPS) is 10.7. The van der Waals surface area contributed by atoms with Crippen LogP contribution in [0, 0.1) is 0 Å². The number of esters is 1. The van der Waals surface area contributed by atoms with Crippen LogP contribution in [0.2, 0.25) is 0 Å². The van der Waals surface area contributed by atoms with Crippen molar-refractivity contribution in [3.05, 3.63) is 24.3 Å². The van der Waals surface area contributed by atoms with E-state index in [1.54, 1.807) is 6.92 Å². The van der Waals surface area contributed by atoms with Crippen molar-refractivity contribution in [2.24, 2.45) is 0 Å². The third-order valence-electron chi connectivity index (χ3n) is 1.38. The van der Waals surface area contributed by atoms with Gasteiger partial charge in [-0.3, -0.25) is 0 Å². The second-order valence-electron chi connectivity index (χ2n) is 2.22. The van der Waals surface area contributed by atoms with Crippen LogP contribution in [0.15, 0.2) is 24.3 Å². The van der Waals surface area contributed by atoms with Gasteiger partial charge in [0.1, 0.15) is 6.61 Å². The number of carbonyl (C=O) groups is 2. The van der Waals surface area contributed by atoms with E-state index in [2.05, 4.69) is 11.3 Å². The number of rotatable bonds is 5. The van der Waals surface area contributed by atoms with Crippen molar-refractivity contribution >= 4 is 11.9 Å². The van der Waals surface area contributed by atoms with Crippen LogP contribution in [0.3, 0.4) is 0 Å². The van der Waals surface area contributed by atoms with Crippen LogP contribution in [-0.2, 0) is 14.3 Å². The van der Waals surface area contributed by atoms with Crippen LogP contribution in [-0.4, -0.2) is 23.7 Å². The molecule has 0 aromatic heterocycles. The van der Waals surface area contributed by atoms with Crippen molar-refractivity contribution in [3.8, 4) is 0 Å². The first-order valence-electron chi connectivity index (χ1n) is 3.83. The first kappa shape index (κ1) is 11.4. The van der Waals surface area contributed by atoms with Crippen LogP contribution < -0.4 is 0 Å². The number of carboxylic acid groups (broad SMARTS) is 1. The zero-order chi connectivity index (χ0) is 10.3. The smallest absolute Gasteiger partial charge is 0.331 e. The molecule has 72 valence electrons. The zero-order valence-electron chi connectivity index (χ0n) is 7.45. The molecular weight excluding hydrogens is 172 g/mol. The van der Waals surface area contributed by atoms with Crippen molar-refractivity contribution < 1.29 is 19.4 Å². The van der Waals surface area contributed by atoms with Gasteiger partial charge in [0.25, 0.3) is 0 Å². The summed E-state index contributed by atoms with van der Waals surface area (Å²) in [6, 6.07) is 0. The third-order valence-corrected chi connectivity index (χ3v) is 1.38. The predicted molar refractivity (Wildman–Crippen MR) is 47.2 cm³/mol. The second kappa shape index (κ2) is 5.99. The maximum absolute atomic E-state index is 10.5. The fourth-order valence-corrected chi connectivity index (χ4v) is 0.666. The van der Waals surface area contributed by atoms with Crippen LogP contribution in [0.5, 0.6) is 0 Å². The summed E-state index contributed by atoms with van der Waals surface area (Å²) in [6.07, 6.45) is 2.80. The molecule has 0 fully saturated rings. The maximum atomic E-state index is 10.5. The fourth-order valence-electron chi connectivity index (χ4n) is 0.666. The van der Waals surface area contributed by atoms with Gasteiger partial charge in [-0.1, -0.05) is 13.5 Å². The van der Waals surface area contributed by atoms with Crippen molar-refractivity contribution in [2.45, 2.75) is 13.3 Å². The summed E-state index contributed by atoms with van der Waals surface area (Å²) in [5.41, 5.74) is 0.233. The van der Waals surface area contributed by atoms with Crippen LogP contribution in [0.4, 0.5) is 0 Å². The highest BCUT2D eigenvalue weighted by Gasteiger charge is 2.03. The van der Waals surface area contributed by atoms with E-state index < -0.39 is 11.9 Å². The highest BCUT2D eigenvalue weighted by atomic mass is 16.5. The highest BCUT2D eigenvalue weighted by Crippen LogP contribution is 1.99. The van der Waals surface area contributed by atoms with Crippen molar-refractivity contribution in [3.63, 3.8) is 0 Å². The maximum Gasteiger partial charge on any atom is 0.331 e. The molecule has 0 aromatic carbocycles. The van der Waals surface area contributed by atoms with Crippen molar-refractivity contribution in [2.75, 3.05) is 6.61 Å². The van der Waals surface area contributed by atoms with E-state index in [0.29, 0.717) is 6.42 Å². The number of carboxylic acids is 1. The summed E-state index contributed by atoms with van der Waals surface area (Å²) in [6.45, 7) is 4.89. The van der Waals surface area contributed by atoms with Gasteiger partial charge in [-0.05, 0) is 12.5 Å². The second-order valence-corrected chi connectivity index (χ2v) is 2.22. The fraction of sp³-hybridized carbons (Fsp3) is 0.333. The summed E-state index contributed by atoms with van der Waals surface area (Å²) in [5, 5.41) is 8.57. The monoisotopic (exact) mass is 184 g/mol. The van der Waals surface area contributed by atoms with Gasteiger partial charge in [-0.15, -0.1) is 0 Å². The summed E-state index contributed by atoms with van der Waals surface area (Å²) in [5.74, 6) is -1.55. The van der Waals surface area contributed by atoms with E-state index in [9.17, 15) is 9.59 Å². The number of hydrogen-bond acceptors (Lipinski definition) is 3. The Balaban J connectivity index is 4.01. The lowest BCUT2D eigenvalue weighted by Gasteiger charge is -1.98. The Kier molecular flexibility index (Phi) is 5.27. The van der Waals surface area contributed by atoms with E-state index in [-0.39, 0.29) is 12.2 Å². The summed E-state index contributed by atoms with van der Waals surface area (Å²) >= 11 is 0. The lowest BCUT2D eigenvalue weighted by Crippen LogP contribution is -2.04. The van der Waals surface area contributed by atoms with Crippen molar-refractivity contribution in [1.29, 1.82) is 0 Å². The van der Waals surface area contributed by atoms with Gasteiger partial charge in [0.2, 0.25) is 0 Å². The van der Waals surface area contributed by atoms with Crippen LogP contribution in [0.1, 0.15) is 13.3 Å². The minimum atomic E-state index is -0.989. The molecule has 0 bridgehead atoms. The number of hydrogen-bond donors (Lipinski definition) is 1. The quantitative estimate of drug-likeness (QED) is 0.514. The molecule has 0 rings (SSSR count). The molecule has 1 N–H and O–H groups in total. The number of ether oxygens (including phenoxy) is 1. The average Bonchev–Trinajstić information content (AvgIpc) is 2.11. The van der Waals surface area contributed by atoms with Gasteiger partial charge < -0.3 is 9.84 Å². The molecule has 0 saturated heterocycles. The Morgan fingerprint density at radius 2 is 2.15 bits per heavy atom. The zero-order valence-corrected chi connectivity index (χ0v) is 7.45. The Hall–Kier alpha value is -1.58. The lowest BCUT2D eigenvalue weighted by molar-refractivity contribution is -0.137. The molecule has 4 nitrogen and oxygen atoms in total. The molecule has 0 saturated carbocycles. The Labute approximate surface area is 76.5 Å². The highest BCUT2D eigenvalue weighted by molar-refractivity contribution is 5.86. The molecule has 0 radical (unpaired) electrons. The van der Waals surface area contributed by atoms with Crippen molar-refractivity contribution in [1.82, 2.24) is 0 Å². The molecule has 0 spiro atoms. The van der Waals surface area contributed by atoms with E-state index in [1.807, 2.05) is 0 Å². The van der Waals surface area contributed by atoms with Gasteiger partial charge in [0, 0.05) is 11.6 Å². The molecule has 4 heteroatoms. The molecule has 0 amide bonds. The number of aliphatic carboxylic acids is 1. The van der Waals surface area contributed by atoms with Gasteiger partial charge in [-0.25, -0.2) is 9.59 Å². The van der Waals surface area contributed by atoms with Crippen LogP contribution >= 0.6 is 0 Å². The van der Waals surface area contributed by atoms with Gasteiger partial charge >= 0.3 is 11.9 Å². The molecule has 13 heavy (non-hydrogen) atoms. The number of carbonyl (C=O) groups excluding carboxylic acids is 1. The molecule has 0 heterocycles. The molecule has 0 aliphatic rings. The molecule has 0 aliphatic heterocycles. The topological polar surface area (TPSA) is 63.6 Å². The van der Waals surface area contributed by atoms with Gasteiger partial charge in [0.15, 0.2) is 0 Å². The standard InChI is InChI=1S/C9H12O4/c1-3-7(9(11)12)5-6-13-8(10)4-2/h4-5H,2-3,6H2,1H3,(H,11,12). The molecule has 0 aromatic rings. The minimum absolute atomic E-state index is 0.0275. The summed E-state index contributed by atoms with van der Waals surface area (Å²) < 4.78 is 4.58. The van der Waals surface area contributed by atoms with E-state index in [4.69, 9.17) is 5.11 Å². The Bertz CT molecular complexity index is 240. The summed E-state index contributed by atoms with van der Waals surface area (Å²) in [4.78, 5) is 21.0. The Morgan fingerprint density at radius 1 is 1.54 bits per heavy atom. The first-order chi connectivity index (χ1) is 6.11. The third kappa shape index (κ3) is 4.79. The Morgan fingerprint density at radius 3 is 2.54 bits per heavy atom. The SMILES string of the molecule is C=CC(=O)OCC=C(CC)C(=O)O. The predicted octanol–water partition coefficient (Wildman–Crippen LogP) is 1.14. The molecular formula is C9H12O4. The molecule has 0 unspecified atom stereocenters.